The standard InChI is InChI=1S/C12H18N2OS/c15-16(9-11-4-7-13-8-5-11)10-12-3-1-2-6-14-12/h1-3,6,11,13H,4-5,7-10H2/t16-/m0/s1. The number of piperidine rings is 1. The van der Waals surface area contributed by atoms with Crippen molar-refractivity contribution in [2.24, 2.45) is 5.92 Å². The van der Waals surface area contributed by atoms with Gasteiger partial charge < -0.3 is 5.32 Å². The van der Waals surface area contributed by atoms with Crippen molar-refractivity contribution in [1.29, 1.82) is 0 Å². The molecule has 0 aromatic carbocycles. The van der Waals surface area contributed by atoms with Crippen LogP contribution in [0.2, 0.25) is 0 Å². The van der Waals surface area contributed by atoms with Crippen molar-refractivity contribution in [2.75, 3.05) is 18.8 Å². The third-order valence-corrected chi connectivity index (χ3v) is 4.38. The van der Waals surface area contributed by atoms with Crippen LogP contribution >= 0.6 is 0 Å². The number of hydrogen-bond acceptors (Lipinski definition) is 3. The lowest BCUT2D eigenvalue weighted by Crippen LogP contribution is -2.30. The summed E-state index contributed by atoms with van der Waals surface area (Å²) in [5.41, 5.74) is 0.940. The maximum atomic E-state index is 11.9. The highest BCUT2D eigenvalue weighted by atomic mass is 32.2. The van der Waals surface area contributed by atoms with Gasteiger partial charge in [-0.3, -0.25) is 9.19 Å². The van der Waals surface area contributed by atoms with Crippen LogP contribution in [-0.2, 0) is 16.6 Å². The monoisotopic (exact) mass is 238 g/mol. The van der Waals surface area contributed by atoms with Crippen LogP contribution in [0.25, 0.3) is 0 Å². The van der Waals surface area contributed by atoms with Gasteiger partial charge in [-0.2, -0.15) is 0 Å². The largest absolute Gasteiger partial charge is 0.317 e. The van der Waals surface area contributed by atoms with Gasteiger partial charge in [0.05, 0.1) is 11.4 Å². The predicted molar refractivity (Wildman–Crippen MR) is 66.5 cm³/mol. The number of aromatic nitrogens is 1. The average molecular weight is 238 g/mol. The molecule has 4 heteroatoms. The number of hydrogen-bond donors (Lipinski definition) is 1. The molecule has 0 amide bonds. The summed E-state index contributed by atoms with van der Waals surface area (Å²) < 4.78 is 11.9. The van der Waals surface area contributed by atoms with E-state index in [-0.39, 0.29) is 0 Å². The van der Waals surface area contributed by atoms with E-state index in [0.29, 0.717) is 11.7 Å². The zero-order valence-corrected chi connectivity index (χ0v) is 10.2. The summed E-state index contributed by atoms with van der Waals surface area (Å²) in [6, 6.07) is 5.78. The van der Waals surface area contributed by atoms with Crippen molar-refractivity contribution in [3.63, 3.8) is 0 Å². The highest BCUT2D eigenvalue weighted by Gasteiger charge is 2.16. The van der Waals surface area contributed by atoms with Crippen LogP contribution < -0.4 is 5.32 Å². The Bertz CT molecular complexity index is 336. The highest BCUT2D eigenvalue weighted by Crippen LogP contribution is 2.14. The highest BCUT2D eigenvalue weighted by molar-refractivity contribution is 7.84. The van der Waals surface area contributed by atoms with Gasteiger partial charge in [0.15, 0.2) is 0 Å². The van der Waals surface area contributed by atoms with Crippen molar-refractivity contribution >= 4 is 10.8 Å². The summed E-state index contributed by atoms with van der Waals surface area (Å²) in [6.07, 6.45) is 4.08. The van der Waals surface area contributed by atoms with Crippen molar-refractivity contribution in [3.8, 4) is 0 Å². The molecule has 1 aromatic rings. The maximum Gasteiger partial charge on any atom is 0.0658 e. The molecule has 2 heterocycles. The first-order valence-electron chi connectivity index (χ1n) is 5.80. The molecule has 0 bridgehead atoms. The lowest BCUT2D eigenvalue weighted by atomic mass is 10.0. The number of nitrogens with one attached hydrogen (secondary N) is 1. The van der Waals surface area contributed by atoms with Gasteiger partial charge >= 0.3 is 0 Å². The van der Waals surface area contributed by atoms with E-state index in [1.54, 1.807) is 6.20 Å². The Kier molecular flexibility index (Phi) is 4.48. The van der Waals surface area contributed by atoms with Crippen molar-refractivity contribution in [3.05, 3.63) is 30.1 Å². The van der Waals surface area contributed by atoms with Crippen LogP contribution in [0, 0.1) is 5.92 Å². The molecular formula is C12H18N2OS. The molecule has 1 aliphatic heterocycles. The van der Waals surface area contributed by atoms with Crippen LogP contribution in [0.1, 0.15) is 18.5 Å². The summed E-state index contributed by atoms with van der Waals surface area (Å²) in [6.45, 7) is 2.15. The SMILES string of the molecule is O=[S@](Cc1ccccn1)CC1CCNCC1. The predicted octanol–water partition coefficient (Wildman–Crippen LogP) is 1.33. The maximum absolute atomic E-state index is 11.9. The van der Waals surface area contributed by atoms with Gasteiger partial charge in [0, 0.05) is 22.7 Å². The van der Waals surface area contributed by atoms with E-state index in [1.165, 1.54) is 0 Å². The number of rotatable bonds is 4. The lowest BCUT2D eigenvalue weighted by Gasteiger charge is -2.21. The van der Waals surface area contributed by atoms with Crippen LogP contribution in [0.3, 0.4) is 0 Å². The summed E-state index contributed by atoms with van der Waals surface area (Å²) in [4.78, 5) is 4.21. The van der Waals surface area contributed by atoms with Crippen LogP contribution in [0.5, 0.6) is 0 Å². The number of nitrogens with zero attached hydrogens (tertiary/aromatic N) is 1. The van der Waals surface area contributed by atoms with Crippen molar-refractivity contribution in [1.82, 2.24) is 10.3 Å². The average Bonchev–Trinajstić information content (AvgIpc) is 2.31. The normalized spacial score (nSPS) is 19.5. The molecule has 1 saturated heterocycles. The second-order valence-corrected chi connectivity index (χ2v) is 5.77. The molecular weight excluding hydrogens is 220 g/mol. The molecule has 0 saturated carbocycles. The summed E-state index contributed by atoms with van der Waals surface area (Å²) in [5, 5.41) is 3.33. The molecule has 0 aliphatic carbocycles. The molecule has 1 aliphatic rings. The summed E-state index contributed by atoms with van der Waals surface area (Å²) >= 11 is 0. The topological polar surface area (TPSA) is 42.0 Å². The molecule has 16 heavy (non-hydrogen) atoms. The second-order valence-electron chi connectivity index (χ2n) is 4.27. The van der Waals surface area contributed by atoms with Crippen LogP contribution in [-0.4, -0.2) is 28.0 Å². The van der Waals surface area contributed by atoms with E-state index in [2.05, 4.69) is 10.3 Å². The quantitative estimate of drug-likeness (QED) is 0.860. The molecule has 1 atom stereocenters. The van der Waals surface area contributed by atoms with E-state index in [9.17, 15) is 4.21 Å². The van der Waals surface area contributed by atoms with E-state index in [4.69, 9.17) is 0 Å². The molecule has 88 valence electrons. The summed E-state index contributed by atoms with van der Waals surface area (Å²) in [7, 11) is -0.759. The molecule has 2 rings (SSSR count). The zero-order chi connectivity index (χ0) is 11.2. The molecule has 1 fully saturated rings. The molecule has 0 spiro atoms. The lowest BCUT2D eigenvalue weighted by molar-refractivity contribution is 0.405. The zero-order valence-electron chi connectivity index (χ0n) is 9.39. The van der Waals surface area contributed by atoms with E-state index < -0.39 is 10.8 Å². The Labute approximate surface area is 99.1 Å². The van der Waals surface area contributed by atoms with Gasteiger partial charge in [0.25, 0.3) is 0 Å². The van der Waals surface area contributed by atoms with Gasteiger partial charge in [-0.05, 0) is 44.0 Å². The Balaban J connectivity index is 1.80. The van der Waals surface area contributed by atoms with E-state index >= 15 is 0 Å². The fourth-order valence-electron chi connectivity index (χ4n) is 2.02. The first-order valence-corrected chi connectivity index (χ1v) is 7.29. The van der Waals surface area contributed by atoms with E-state index in [1.807, 2.05) is 18.2 Å². The minimum Gasteiger partial charge on any atom is -0.317 e. The van der Waals surface area contributed by atoms with Gasteiger partial charge in [-0.1, -0.05) is 6.07 Å². The second kappa shape index (κ2) is 6.11. The first kappa shape index (κ1) is 11.7. The van der Waals surface area contributed by atoms with Gasteiger partial charge in [-0.15, -0.1) is 0 Å². The third kappa shape index (κ3) is 3.68. The Morgan fingerprint density at radius 1 is 1.38 bits per heavy atom. The minimum atomic E-state index is -0.759. The van der Waals surface area contributed by atoms with Crippen LogP contribution in [0.15, 0.2) is 24.4 Å². The smallest absolute Gasteiger partial charge is 0.0658 e. The molecule has 1 N–H and O–H groups in total. The molecule has 0 unspecified atom stereocenters. The van der Waals surface area contributed by atoms with Gasteiger partial charge in [0.1, 0.15) is 0 Å². The van der Waals surface area contributed by atoms with Crippen LogP contribution in [0.4, 0.5) is 0 Å². The Hall–Kier alpha value is -0.740. The van der Waals surface area contributed by atoms with Gasteiger partial charge in [-0.25, -0.2) is 0 Å². The Morgan fingerprint density at radius 3 is 2.88 bits per heavy atom. The molecule has 3 nitrogen and oxygen atoms in total. The van der Waals surface area contributed by atoms with E-state index in [0.717, 1.165) is 37.4 Å². The van der Waals surface area contributed by atoms with Crippen molar-refractivity contribution < 1.29 is 4.21 Å². The fraction of sp³-hybridized carbons (Fsp3) is 0.583. The van der Waals surface area contributed by atoms with Crippen molar-refractivity contribution in [2.45, 2.75) is 18.6 Å². The van der Waals surface area contributed by atoms with Gasteiger partial charge in [0.2, 0.25) is 0 Å². The fourth-order valence-corrected chi connectivity index (χ4v) is 3.50. The minimum absolute atomic E-state index is 0.602. The first-order chi connectivity index (χ1) is 7.84. The summed E-state index contributed by atoms with van der Waals surface area (Å²) in [5.74, 6) is 2.06. The molecule has 0 radical (unpaired) electrons. The molecule has 1 aromatic heterocycles. The third-order valence-electron chi connectivity index (χ3n) is 2.92. The number of pyridine rings is 1. The Morgan fingerprint density at radius 2 is 2.19 bits per heavy atom.